The van der Waals surface area contributed by atoms with Gasteiger partial charge in [0.15, 0.2) is 0 Å². The normalized spacial score (nSPS) is 16.1. The number of hydrogen-bond acceptors (Lipinski definition) is 2. The molecule has 4 heteroatoms. The summed E-state index contributed by atoms with van der Waals surface area (Å²) in [5, 5.41) is 0. The number of urea groups is 1. The SMILES string of the molecule is COc1ccccc1CC(C)N(C)C(=O)N1CCCC1. The van der Waals surface area contributed by atoms with Crippen LogP contribution in [-0.2, 0) is 6.42 Å². The van der Waals surface area contributed by atoms with Crippen LogP contribution in [0.4, 0.5) is 4.79 Å². The van der Waals surface area contributed by atoms with Crippen molar-refractivity contribution in [1.82, 2.24) is 9.80 Å². The molecule has 1 fully saturated rings. The molecular formula is C16H24N2O2. The first-order chi connectivity index (χ1) is 9.63. The van der Waals surface area contributed by atoms with Gasteiger partial charge in [-0.25, -0.2) is 4.79 Å². The molecule has 4 nitrogen and oxygen atoms in total. The smallest absolute Gasteiger partial charge is 0.319 e. The molecule has 1 saturated heterocycles. The molecule has 0 bridgehead atoms. The van der Waals surface area contributed by atoms with E-state index in [1.165, 1.54) is 0 Å². The van der Waals surface area contributed by atoms with E-state index < -0.39 is 0 Å². The molecule has 0 aromatic heterocycles. The van der Waals surface area contributed by atoms with E-state index in [4.69, 9.17) is 4.74 Å². The molecule has 0 radical (unpaired) electrons. The molecule has 0 saturated carbocycles. The topological polar surface area (TPSA) is 32.8 Å². The summed E-state index contributed by atoms with van der Waals surface area (Å²) in [5.41, 5.74) is 1.14. The lowest BCUT2D eigenvalue weighted by molar-refractivity contribution is 0.158. The van der Waals surface area contributed by atoms with Crippen LogP contribution in [0.2, 0.25) is 0 Å². The third-order valence-corrected chi connectivity index (χ3v) is 4.05. The number of amides is 2. The molecule has 1 unspecified atom stereocenters. The van der Waals surface area contributed by atoms with Gasteiger partial charge in [0, 0.05) is 26.2 Å². The highest BCUT2D eigenvalue weighted by molar-refractivity contribution is 5.74. The molecule has 1 aromatic carbocycles. The monoisotopic (exact) mass is 276 g/mol. The number of nitrogens with zero attached hydrogens (tertiary/aromatic N) is 2. The van der Waals surface area contributed by atoms with Crippen LogP contribution in [0, 0.1) is 0 Å². The number of methoxy groups -OCH3 is 1. The summed E-state index contributed by atoms with van der Waals surface area (Å²) in [7, 11) is 3.57. The van der Waals surface area contributed by atoms with Crippen LogP contribution in [-0.4, -0.2) is 49.1 Å². The van der Waals surface area contributed by atoms with Crippen LogP contribution < -0.4 is 4.74 Å². The quantitative estimate of drug-likeness (QED) is 0.847. The molecule has 1 heterocycles. The predicted octanol–water partition coefficient (Wildman–Crippen LogP) is 2.77. The highest BCUT2D eigenvalue weighted by atomic mass is 16.5. The van der Waals surface area contributed by atoms with E-state index in [9.17, 15) is 4.79 Å². The first-order valence-corrected chi connectivity index (χ1v) is 7.27. The zero-order valence-corrected chi connectivity index (χ0v) is 12.6. The van der Waals surface area contributed by atoms with Crippen LogP contribution >= 0.6 is 0 Å². The van der Waals surface area contributed by atoms with Gasteiger partial charge in [-0.1, -0.05) is 18.2 Å². The number of carbonyl (C=O) groups excluding carboxylic acids is 1. The second-order valence-corrected chi connectivity index (χ2v) is 5.45. The number of likely N-dealkylation sites (N-methyl/N-ethyl adjacent to an activating group) is 1. The summed E-state index contributed by atoms with van der Waals surface area (Å²) in [4.78, 5) is 16.1. The van der Waals surface area contributed by atoms with Crippen LogP contribution in [0.1, 0.15) is 25.3 Å². The molecule has 1 aliphatic rings. The lowest BCUT2D eigenvalue weighted by Gasteiger charge is -2.29. The summed E-state index contributed by atoms with van der Waals surface area (Å²) >= 11 is 0. The molecule has 2 amide bonds. The first kappa shape index (κ1) is 14.7. The third-order valence-electron chi connectivity index (χ3n) is 4.05. The molecule has 0 spiro atoms. The minimum Gasteiger partial charge on any atom is -0.496 e. The zero-order chi connectivity index (χ0) is 14.5. The van der Waals surface area contributed by atoms with Crippen molar-refractivity contribution in [2.24, 2.45) is 0 Å². The number of hydrogen-bond donors (Lipinski definition) is 0. The third kappa shape index (κ3) is 3.24. The lowest BCUT2D eigenvalue weighted by atomic mass is 10.1. The minimum absolute atomic E-state index is 0.143. The number of benzene rings is 1. The van der Waals surface area contributed by atoms with Gasteiger partial charge in [-0.3, -0.25) is 0 Å². The lowest BCUT2D eigenvalue weighted by Crippen LogP contribution is -2.44. The van der Waals surface area contributed by atoms with Crippen molar-refractivity contribution in [1.29, 1.82) is 0 Å². The summed E-state index contributed by atoms with van der Waals surface area (Å²) < 4.78 is 5.37. The van der Waals surface area contributed by atoms with E-state index in [0.29, 0.717) is 0 Å². The number of ether oxygens (including phenoxy) is 1. The van der Waals surface area contributed by atoms with Gasteiger partial charge < -0.3 is 14.5 Å². The molecule has 20 heavy (non-hydrogen) atoms. The van der Waals surface area contributed by atoms with Crippen LogP contribution in [0.3, 0.4) is 0 Å². The fourth-order valence-corrected chi connectivity index (χ4v) is 2.65. The van der Waals surface area contributed by atoms with Gasteiger partial charge in [-0.05, 0) is 37.8 Å². The summed E-state index contributed by atoms with van der Waals surface area (Å²) in [6, 6.07) is 8.29. The van der Waals surface area contributed by atoms with Crippen molar-refractivity contribution >= 4 is 6.03 Å². The average molecular weight is 276 g/mol. The Labute approximate surface area is 121 Å². The Morgan fingerprint density at radius 1 is 1.35 bits per heavy atom. The molecule has 1 atom stereocenters. The maximum absolute atomic E-state index is 12.4. The van der Waals surface area contributed by atoms with Crippen molar-refractivity contribution in [2.45, 2.75) is 32.2 Å². The predicted molar refractivity (Wildman–Crippen MR) is 80.1 cm³/mol. The van der Waals surface area contributed by atoms with Gasteiger partial charge in [0.25, 0.3) is 0 Å². The van der Waals surface area contributed by atoms with Crippen molar-refractivity contribution in [3.63, 3.8) is 0 Å². The number of rotatable bonds is 4. The van der Waals surface area contributed by atoms with Crippen LogP contribution in [0.15, 0.2) is 24.3 Å². The Morgan fingerprint density at radius 3 is 2.65 bits per heavy atom. The summed E-state index contributed by atoms with van der Waals surface area (Å²) in [5.74, 6) is 0.890. The van der Waals surface area contributed by atoms with E-state index in [2.05, 4.69) is 13.0 Å². The zero-order valence-electron chi connectivity index (χ0n) is 12.6. The van der Waals surface area contributed by atoms with Crippen molar-refractivity contribution in [2.75, 3.05) is 27.2 Å². The highest BCUT2D eigenvalue weighted by Crippen LogP contribution is 2.21. The second kappa shape index (κ2) is 6.64. The Bertz CT molecular complexity index is 456. The van der Waals surface area contributed by atoms with Crippen LogP contribution in [0.5, 0.6) is 5.75 Å². The van der Waals surface area contributed by atoms with Crippen LogP contribution in [0.25, 0.3) is 0 Å². The van der Waals surface area contributed by atoms with Gasteiger partial charge in [0.1, 0.15) is 5.75 Å². The van der Waals surface area contributed by atoms with Gasteiger partial charge in [-0.2, -0.15) is 0 Å². The summed E-state index contributed by atoms with van der Waals surface area (Å²) in [6.07, 6.45) is 3.06. The molecule has 0 N–H and O–H groups in total. The Morgan fingerprint density at radius 2 is 2.00 bits per heavy atom. The Hall–Kier alpha value is -1.71. The second-order valence-electron chi connectivity index (χ2n) is 5.45. The van der Waals surface area contributed by atoms with E-state index in [1.54, 1.807) is 7.11 Å². The Balaban J connectivity index is 1.99. The summed E-state index contributed by atoms with van der Waals surface area (Å²) in [6.45, 7) is 3.87. The number of carbonyl (C=O) groups is 1. The van der Waals surface area contributed by atoms with E-state index in [-0.39, 0.29) is 12.1 Å². The fourth-order valence-electron chi connectivity index (χ4n) is 2.65. The van der Waals surface area contributed by atoms with Gasteiger partial charge in [-0.15, -0.1) is 0 Å². The maximum Gasteiger partial charge on any atom is 0.319 e. The molecular weight excluding hydrogens is 252 g/mol. The van der Waals surface area contributed by atoms with Gasteiger partial charge >= 0.3 is 6.03 Å². The average Bonchev–Trinajstić information content (AvgIpc) is 3.00. The standard InChI is InChI=1S/C16H24N2O2/c1-13(12-14-8-4-5-9-15(14)20-3)17(2)16(19)18-10-6-7-11-18/h4-5,8-9,13H,6-7,10-12H2,1-3H3. The Kier molecular flexibility index (Phi) is 4.88. The van der Waals surface area contributed by atoms with E-state index in [1.807, 2.05) is 35.0 Å². The largest absolute Gasteiger partial charge is 0.496 e. The van der Waals surface area contributed by atoms with Crippen molar-refractivity contribution in [3.05, 3.63) is 29.8 Å². The molecule has 0 aliphatic carbocycles. The number of para-hydroxylation sites is 1. The number of likely N-dealkylation sites (tertiary alicyclic amines) is 1. The van der Waals surface area contributed by atoms with Gasteiger partial charge in [0.2, 0.25) is 0 Å². The molecule has 1 aromatic rings. The van der Waals surface area contributed by atoms with Crippen molar-refractivity contribution < 1.29 is 9.53 Å². The first-order valence-electron chi connectivity index (χ1n) is 7.27. The van der Waals surface area contributed by atoms with E-state index >= 15 is 0 Å². The van der Waals surface area contributed by atoms with Crippen molar-refractivity contribution in [3.8, 4) is 5.75 Å². The molecule has 2 rings (SSSR count). The van der Waals surface area contributed by atoms with Gasteiger partial charge in [0.05, 0.1) is 7.11 Å². The molecule has 110 valence electrons. The highest BCUT2D eigenvalue weighted by Gasteiger charge is 2.24. The minimum atomic E-state index is 0.143. The maximum atomic E-state index is 12.4. The van der Waals surface area contributed by atoms with E-state index in [0.717, 1.165) is 43.7 Å². The molecule has 1 aliphatic heterocycles. The fraction of sp³-hybridized carbons (Fsp3) is 0.562.